The molecule has 0 radical (unpaired) electrons. The van der Waals surface area contributed by atoms with E-state index in [0.717, 1.165) is 41.9 Å². The molecule has 5 rings (SSSR count). The summed E-state index contributed by atoms with van der Waals surface area (Å²) < 4.78 is 0. The van der Waals surface area contributed by atoms with Gasteiger partial charge in [-0.2, -0.15) is 5.10 Å². The summed E-state index contributed by atoms with van der Waals surface area (Å²) in [6, 6.07) is 3.69. The lowest BCUT2D eigenvalue weighted by Gasteiger charge is -2.35. The van der Waals surface area contributed by atoms with Crippen LogP contribution in [0.3, 0.4) is 0 Å². The van der Waals surface area contributed by atoms with E-state index in [4.69, 9.17) is 0 Å². The number of nitrogens with one attached hydrogen (secondary N) is 2. The van der Waals surface area contributed by atoms with Crippen molar-refractivity contribution in [1.82, 2.24) is 30.0 Å². The Hall–Kier alpha value is -2.96. The number of aromatic nitrogens is 5. The molecule has 1 saturated carbocycles. The van der Waals surface area contributed by atoms with Gasteiger partial charge in [0.05, 0.1) is 29.5 Å². The fraction of sp³-hybridized carbons (Fsp3) is 0.429. The van der Waals surface area contributed by atoms with Gasteiger partial charge in [-0.3, -0.25) is 14.9 Å². The van der Waals surface area contributed by atoms with Gasteiger partial charge in [-0.05, 0) is 24.5 Å². The summed E-state index contributed by atoms with van der Waals surface area (Å²) in [7, 11) is 0. The summed E-state index contributed by atoms with van der Waals surface area (Å²) in [6.45, 7) is 0.642. The van der Waals surface area contributed by atoms with Crippen LogP contribution in [-0.2, 0) is 6.42 Å². The zero-order valence-electron chi connectivity index (χ0n) is 15.8. The monoisotopic (exact) mass is 376 g/mol. The van der Waals surface area contributed by atoms with E-state index in [0.29, 0.717) is 18.0 Å². The SMILES string of the molecule is O=C(c1cn[nH]c1C1CCCCC1)N1CCc2[nH]cnc2[C@H]1c1cccnc1. The molecule has 0 bridgehead atoms. The van der Waals surface area contributed by atoms with E-state index in [2.05, 4.69) is 25.1 Å². The number of nitrogens with zero attached hydrogens (tertiary/aromatic N) is 4. The standard InChI is InChI=1S/C21H24N6O/c28-21(16-12-25-26-18(16)14-5-2-1-3-6-14)27-10-8-17-19(24-13-23-17)20(27)15-7-4-9-22-11-15/h4,7,9,11-14,20H,1-3,5-6,8,10H2,(H,23,24)(H,25,26)/t20-/m1/s1. The Labute approximate surface area is 163 Å². The van der Waals surface area contributed by atoms with Crippen LogP contribution in [0.1, 0.15) is 77.1 Å². The summed E-state index contributed by atoms with van der Waals surface area (Å²) in [5.41, 5.74) is 4.70. The number of pyridine rings is 1. The van der Waals surface area contributed by atoms with E-state index in [1.54, 1.807) is 18.7 Å². The first-order valence-electron chi connectivity index (χ1n) is 10.1. The van der Waals surface area contributed by atoms with Gasteiger partial charge in [0, 0.05) is 37.0 Å². The Balaban J connectivity index is 1.52. The summed E-state index contributed by atoms with van der Waals surface area (Å²) in [5.74, 6) is 0.426. The molecule has 0 aromatic carbocycles. The number of fused-ring (bicyclic) bond motifs is 1. The highest BCUT2D eigenvalue weighted by Crippen LogP contribution is 2.37. The Kier molecular flexibility index (Phi) is 4.43. The predicted molar refractivity (Wildman–Crippen MR) is 104 cm³/mol. The maximum absolute atomic E-state index is 13.6. The van der Waals surface area contributed by atoms with Gasteiger partial charge in [0.15, 0.2) is 0 Å². The molecule has 1 aliphatic carbocycles. The Morgan fingerprint density at radius 1 is 1.18 bits per heavy atom. The number of rotatable bonds is 3. The number of carbonyl (C=O) groups excluding carboxylic acids is 1. The third-order valence-corrected chi connectivity index (χ3v) is 6.10. The molecule has 1 amide bonds. The molecule has 144 valence electrons. The van der Waals surface area contributed by atoms with Crippen LogP contribution in [-0.4, -0.2) is 42.5 Å². The van der Waals surface area contributed by atoms with Crippen molar-refractivity contribution in [3.05, 3.63) is 65.3 Å². The first kappa shape index (κ1) is 17.2. The van der Waals surface area contributed by atoms with E-state index in [1.807, 2.05) is 23.2 Å². The number of carbonyl (C=O) groups is 1. The zero-order chi connectivity index (χ0) is 18.9. The fourth-order valence-electron chi connectivity index (χ4n) is 4.69. The molecule has 2 aliphatic rings. The summed E-state index contributed by atoms with van der Waals surface area (Å²) in [4.78, 5) is 27.6. The second kappa shape index (κ2) is 7.22. The average molecular weight is 376 g/mol. The second-order valence-electron chi connectivity index (χ2n) is 7.74. The first-order valence-corrected chi connectivity index (χ1v) is 10.1. The predicted octanol–water partition coefficient (Wildman–Crippen LogP) is 3.36. The Morgan fingerprint density at radius 3 is 2.89 bits per heavy atom. The van der Waals surface area contributed by atoms with Crippen LogP contribution in [0.15, 0.2) is 37.1 Å². The average Bonchev–Trinajstić information content (AvgIpc) is 3.43. The van der Waals surface area contributed by atoms with E-state index >= 15 is 0 Å². The number of H-pyrrole nitrogens is 2. The van der Waals surface area contributed by atoms with E-state index in [1.165, 1.54) is 19.3 Å². The number of imidazole rings is 1. The van der Waals surface area contributed by atoms with Crippen LogP contribution in [0.2, 0.25) is 0 Å². The lowest BCUT2D eigenvalue weighted by Crippen LogP contribution is -2.41. The van der Waals surface area contributed by atoms with Gasteiger partial charge < -0.3 is 9.88 Å². The second-order valence-corrected chi connectivity index (χ2v) is 7.74. The molecule has 1 atom stereocenters. The fourth-order valence-corrected chi connectivity index (χ4v) is 4.69. The number of hydrogen-bond acceptors (Lipinski definition) is 4. The molecule has 7 nitrogen and oxygen atoms in total. The molecular weight excluding hydrogens is 352 g/mol. The quantitative estimate of drug-likeness (QED) is 0.733. The van der Waals surface area contributed by atoms with Crippen LogP contribution >= 0.6 is 0 Å². The largest absolute Gasteiger partial charge is 0.348 e. The zero-order valence-corrected chi connectivity index (χ0v) is 15.8. The smallest absolute Gasteiger partial charge is 0.258 e. The van der Waals surface area contributed by atoms with Crippen molar-refractivity contribution in [3.63, 3.8) is 0 Å². The minimum Gasteiger partial charge on any atom is -0.348 e. The van der Waals surface area contributed by atoms with Crippen molar-refractivity contribution in [2.45, 2.75) is 50.5 Å². The minimum atomic E-state index is -0.231. The number of hydrogen-bond donors (Lipinski definition) is 2. The molecule has 0 saturated heterocycles. The molecule has 2 N–H and O–H groups in total. The summed E-state index contributed by atoms with van der Waals surface area (Å²) in [5, 5.41) is 7.37. The molecule has 28 heavy (non-hydrogen) atoms. The van der Waals surface area contributed by atoms with Gasteiger partial charge in [0.2, 0.25) is 0 Å². The molecule has 0 unspecified atom stereocenters. The summed E-state index contributed by atoms with van der Waals surface area (Å²) in [6.07, 6.45) is 13.7. The van der Waals surface area contributed by atoms with Gasteiger partial charge in [0.1, 0.15) is 6.04 Å². The highest BCUT2D eigenvalue weighted by Gasteiger charge is 2.36. The first-order chi connectivity index (χ1) is 13.8. The third kappa shape index (κ3) is 2.91. The van der Waals surface area contributed by atoms with Crippen molar-refractivity contribution in [1.29, 1.82) is 0 Å². The van der Waals surface area contributed by atoms with Gasteiger partial charge in [0.25, 0.3) is 5.91 Å². The molecule has 1 aliphatic heterocycles. The highest BCUT2D eigenvalue weighted by molar-refractivity contribution is 5.96. The maximum atomic E-state index is 13.6. The van der Waals surface area contributed by atoms with Crippen LogP contribution in [0.5, 0.6) is 0 Å². The van der Waals surface area contributed by atoms with Gasteiger partial charge in [-0.25, -0.2) is 4.98 Å². The third-order valence-electron chi connectivity index (χ3n) is 6.10. The molecule has 0 spiro atoms. The molecular formula is C21H24N6O. The molecule has 1 fully saturated rings. The van der Waals surface area contributed by atoms with E-state index < -0.39 is 0 Å². The molecule has 7 heteroatoms. The molecule has 3 aromatic rings. The normalized spacial score (nSPS) is 20.1. The van der Waals surface area contributed by atoms with Gasteiger partial charge >= 0.3 is 0 Å². The van der Waals surface area contributed by atoms with Crippen LogP contribution in [0.25, 0.3) is 0 Å². The van der Waals surface area contributed by atoms with Crippen LogP contribution in [0.4, 0.5) is 0 Å². The highest BCUT2D eigenvalue weighted by atomic mass is 16.2. The van der Waals surface area contributed by atoms with Gasteiger partial charge in [-0.15, -0.1) is 0 Å². The van der Waals surface area contributed by atoms with Crippen molar-refractivity contribution >= 4 is 5.91 Å². The number of aromatic amines is 2. The van der Waals surface area contributed by atoms with Crippen LogP contribution < -0.4 is 0 Å². The van der Waals surface area contributed by atoms with Gasteiger partial charge in [-0.1, -0.05) is 25.3 Å². The Bertz CT molecular complexity index is 956. The lowest BCUT2D eigenvalue weighted by molar-refractivity contribution is 0.0688. The van der Waals surface area contributed by atoms with Crippen LogP contribution in [0, 0.1) is 0 Å². The molecule has 3 aromatic heterocycles. The van der Waals surface area contributed by atoms with Crippen molar-refractivity contribution in [2.24, 2.45) is 0 Å². The van der Waals surface area contributed by atoms with E-state index in [9.17, 15) is 4.79 Å². The lowest BCUT2D eigenvalue weighted by atomic mass is 9.85. The minimum absolute atomic E-state index is 0.0248. The summed E-state index contributed by atoms with van der Waals surface area (Å²) >= 11 is 0. The van der Waals surface area contributed by atoms with E-state index in [-0.39, 0.29) is 11.9 Å². The molecule has 4 heterocycles. The van der Waals surface area contributed by atoms with Crippen molar-refractivity contribution in [3.8, 4) is 0 Å². The number of amides is 1. The van der Waals surface area contributed by atoms with Crippen molar-refractivity contribution in [2.75, 3.05) is 6.54 Å². The topological polar surface area (TPSA) is 90.6 Å². The van der Waals surface area contributed by atoms with Crippen molar-refractivity contribution < 1.29 is 4.79 Å². The maximum Gasteiger partial charge on any atom is 0.258 e. The Morgan fingerprint density at radius 2 is 2.07 bits per heavy atom.